The van der Waals surface area contributed by atoms with Gasteiger partial charge < -0.3 is 10.6 Å². The standard InChI is InChI=1S/C12H24N2S/c1-3-10(4-2)9-14-7-5-11(6-8-14)12(13)15/h10-11H,3-9H2,1-2H3,(H2,13,15). The molecule has 0 aromatic carbocycles. The third kappa shape index (κ3) is 4.07. The van der Waals surface area contributed by atoms with Gasteiger partial charge in [-0.2, -0.15) is 0 Å². The number of nitrogens with two attached hydrogens (primary N) is 1. The van der Waals surface area contributed by atoms with E-state index in [0.717, 1.165) is 23.7 Å². The zero-order chi connectivity index (χ0) is 11.3. The smallest absolute Gasteiger partial charge is 0.0759 e. The number of nitrogens with zero attached hydrogens (tertiary/aromatic N) is 1. The molecule has 1 aliphatic heterocycles. The van der Waals surface area contributed by atoms with Crippen molar-refractivity contribution in [1.82, 2.24) is 4.90 Å². The topological polar surface area (TPSA) is 29.3 Å². The Morgan fingerprint density at radius 1 is 1.33 bits per heavy atom. The molecule has 0 amide bonds. The monoisotopic (exact) mass is 228 g/mol. The summed E-state index contributed by atoms with van der Waals surface area (Å²) in [5.74, 6) is 1.37. The molecule has 88 valence electrons. The molecule has 0 atom stereocenters. The van der Waals surface area contributed by atoms with Crippen molar-refractivity contribution in [2.24, 2.45) is 17.6 Å². The van der Waals surface area contributed by atoms with Crippen LogP contribution < -0.4 is 5.73 Å². The lowest BCUT2D eigenvalue weighted by Crippen LogP contribution is -2.40. The highest BCUT2D eigenvalue weighted by atomic mass is 32.1. The Morgan fingerprint density at radius 2 is 1.87 bits per heavy atom. The van der Waals surface area contributed by atoms with Crippen molar-refractivity contribution in [2.45, 2.75) is 39.5 Å². The maximum atomic E-state index is 5.68. The quantitative estimate of drug-likeness (QED) is 0.733. The van der Waals surface area contributed by atoms with E-state index in [1.807, 2.05) is 0 Å². The number of thiocarbonyl (C=S) groups is 1. The van der Waals surface area contributed by atoms with Crippen LogP contribution in [0.1, 0.15) is 39.5 Å². The Labute approximate surface area is 99.2 Å². The first-order chi connectivity index (χ1) is 7.17. The number of likely N-dealkylation sites (tertiary alicyclic amines) is 1. The van der Waals surface area contributed by atoms with Crippen LogP contribution in [0.3, 0.4) is 0 Å². The summed E-state index contributed by atoms with van der Waals surface area (Å²) < 4.78 is 0. The number of rotatable bonds is 5. The van der Waals surface area contributed by atoms with Crippen molar-refractivity contribution in [2.75, 3.05) is 19.6 Å². The molecule has 2 N–H and O–H groups in total. The minimum absolute atomic E-state index is 0.498. The third-order valence-corrected chi connectivity index (χ3v) is 3.99. The zero-order valence-electron chi connectivity index (χ0n) is 10.0. The first-order valence-electron chi connectivity index (χ1n) is 6.19. The minimum atomic E-state index is 0.498. The Kier molecular flexibility index (Phi) is 5.54. The van der Waals surface area contributed by atoms with Crippen molar-refractivity contribution >= 4 is 17.2 Å². The van der Waals surface area contributed by atoms with Crippen LogP contribution in [0.4, 0.5) is 0 Å². The summed E-state index contributed by atoms with van der Waals surface area (Å²) in [7, 11) is 0. The normalized spacial score (nSPS) is 19.7. The lowest BCUT2D eigenvalue weighted by atomic mass is 9.95. The second kappa shape index (κ2) is 6.44. The van der Waals surface area contributed by atoms with Crippen molar-refractivity contribution in [1.29, 1.82) is 0 Å². The van der Waals surface area contributed by atoms with Gasteiger partial charge in [0.25, 0.3) is 0 Å². The molecule has 1 rings (SSSR count). The van der Waals surface area contributed by atoms with Gasteiger partial charge in [-0.3, -0.25) is 0 Å². The van der Waals surface area contributed by atoms with Crippen LogP contribution in [-0.2, 0) is 0 Å². The van der Waals surface area contributed by atoms with E-state index in [0.29, 0.717) is 5.92 Å². The Bertz CT molecular complexity index is 194. The lowest BCUT2D eigenvalue weighted by Gasteiger charge is -2.33. The van der Waals surface area contributed by atoms with Crippen molar-refractivity contribution in [3.63, 3.8) is 0 Å². The number of piperidine rings is 1. The van der Waals surface area contributed by atoms with Crippen molar-refractivity contribution < 1.29 is 0 Å². The van der Waals surface area contributed by atoms with Gasteiger partial charge in [-0.05, 0) is 31.8 Å². The van der Waals surface area contributed by atoms with Crippen LogP contribution in [0.5, 0.6) is 0 Å². The Morgan fingerprint density at radius 3 is 2.27 bits per heavy atom. The fourth-order valence-corrected chi connectivity index (χ4v) is 2.55. The first kappa shape index (κ1) is 12.9. The molecular formula is C12H24N2S. The van der Waals surface area contributed by atoms with Crippen LogP contribution in [-0.4, -0.2) is 29.5 Å². The molecular weight excluding hydrogens is 204 g/mol. The summed E-state index contributed by atoms with van der Waals surface area (Å²) in [6.07, 6.45) is 4.92. The average molecular weight is 228 g/mol. The van der Waals surface area contributed by atoms with Crippen molar-refractivity contribution in [3.05, 3.63) is 0 Å². The summed E-state index contributed by atoms with van der Waals surface area (Å²) in [5, 5.41) is 0. The largest absolute Gasteiger partial charge is 0.393 e. The minimum Gasteiger partial charge on any atom is -0.393 e. The highest BCUT2D eigenvalue weighted by molar-refractivity contribution is 7.80. The second-order valence-electron chi connectivity index (χ2n) is 4.66. The number of hydrogen-bond acceptors (Lipinski definition) is 2. The molecule has 1 fully saturated rings. The lowest BCUT2D eigenvalue weighted by molar-refractivity contribution is 0.176. The maximum absolute atomic E-state index is 5.68. The molecule has 0 radical (unpaired) electrons. The molecule has 15 heavy (non-hydrogen) atoms. The van der Waals surface area contributed by atoms with Crippen LogP contribution in [0.2, 0.25) is 0 Å². The average Bonchev–Trinajstić information content (AvgIpc) is 2.26. The van der Waals surface area contributed by atoms with Gasteiger partial charge in [0.05, 0.1) is 4.99 Å². The van der Waals surface area contributed by atoms with Gasteiger partial charge in [0, 0.05) is 12.5 Å². The molecule has 0 saturated carbocycles. The third-order valence-electron chi connectivity index (χ3n) is 3.66. The molecule has 1 saturated heterocycles. The molecule has 0 unspecified atom stereocenters. The van der Waals surface area contributed by atoms with E-state index >= 15 is 0 Å². The van der Waals surface area contributed by atoms with Gasteiger partial charge in [-0.15, -0.1) is 0 Å². The summed E-state index contributed by atoms with van der Waals surface area (Å²) >= 11 is 5.05. The predicted octanol–water partition coefficient (Wildman–Crippen LogP) is 2.42. The van der Waals surface area contributed by atoms with Gasteiger partial charge >= 0.3 is 0 Å². The zero-order valence-corrected chi connectivity index (χ0v) is 10.9. The summed E-state index contributed by atoms with van der Waals surface area (Å²) in [4.78, 5) is 3.30. The van der Waals surface area contributed by atoms with Crippen LogP contribution in [0.15, 0.2) is 0 Å². The SMILES string of the molecule is CCC(CC)CN1CCC(C(N)=S)CC1. The van der Waals surface area contributed by atoms with Gasteiger partial charge in [0.15, 0.2) is 0 Å². The molecule has 0 aromatic heterocycles. The summed E-state index contributed by atoms with van der Waals surface area (Å²) in [6.45, 7) is 8.19. The molecule has 0 aliphatic carbocycles. The van der Waals surface area contributed by atoms with Crippen LogP contribution in [0, 0.1) is 11.8 Å². The summed E-state index contributed by atoms with van der Waals surface area (Å²) in [6, 6.07) is 0. The highest BCUT2D eigenvalue weighted by Crippen LogP contribution is 2.19. The van der Waals surface area contributed by atoms with Crippen LogP contribution in [0.25, 0.3) is 0 Å². The van der Waals surface area contributed by atoms with E-state index in [9.17, 15) is 0 Å². The molecule has 1 aliphatic rings. The van der Waals surface area contributed by atoms with Gasteiger partial charge in [0.2, 0.25) is 0 Å². The molecule has 0 bridgehead atoms. The summed E-state index contributed by atoms with van der Waals surface area (Å²) in [5.41, 5.74) is 5.68. The van der Waals surface area contributed by atoms with Gasteiger partial charge in [-0.25, -0.2) is 0 Å². The van der Waals surface area contributed by atoms with Gasteiger partial charge in [0.1, 0.15) is 0 Å². The van der Waals surface area contributed by atoms with Gasteiger partial charge in [-0.1, -0.05) is 38.9 Å². The van der Waals surface area contributed by atoms with E-state index < -0.39 is 0 Å². The van der Waals surface area contributed by atoms with E-state index in [-0.39, 0.29) is 0 Å². The fourth-order valence-electron chi connectivity index (χ4n) is 2.31. The fraction of sp³-hybridized carbons (Fsp3) is 0.917. The second-order valence-corrected chi connectivity index (χ2v) is 5.13. The van der Waals surface area contributed by atoms with Crippen LogP contribution >= 0.6 is 12.2 Å². The molecule has 3 heteroatoms. The Hall–Kier alpha value is -0.150. The molecule has 0 aromatic rings. The van der Waals surface area contributed by atoms with Crippen molar-refractivity contribution in [3.8, 4) is 0 Å². The van der Waals surface area contributed by atoms with E-state index in [2.05, 4.69) is 18.7 Å². The molecule has 1 heterocycles. The molecule has 2 nitrogen and oxygen atoms in total. The first-order valence-corrected chi connectivity index (χ1v) is 6.59. The maximum Gasteiger partial charge on any atom is 0.0759 e. The predicted molar refractivity (Wildman–Crippen MR) is 70.0 cm³/mol. The Balaban J connectivity index is 2.28. The highest BCUT2D eigenvalue weighted by Gasteiger charge is 2.21. The van der Waals surface area contributed by atoms with E-state index in [4.69, 9.17) is 18.0 Å². The number of hydrogen-bond donors (Lipinski definition) is 1. The molecule has 0 spiro atoms. The van der Waals surface area contributed by atoms with E-state index in [1.54, 1.807) is 0 Å². The van der Waals surface area contributed by atoms with E-state index in [1.165, 1.54) is 32.5 Å².